The van der Waals surface area contributed by atoms with Gasteiger partial charge in [-0.3, -0.25) is 4.79 Å². The largest absolute Gasteiger partial charge is 0.327 e. The van der Waals surface area contributed by atoms with Crippen LogP contribution in [0.15, 0.2) is 18.2 Å². The molecule has 0 unspecified atom stereocenters. The van der Waals surface area contributed by atoms with Crippen LogP contribution in [0.1, 0.15) is 45.1 Å². The number of carbonyl (C=O) groups excluding carboxylic acids is 1. The van der Waals surface area contributed by atoms with E-state index in [1.807, 2.05) is 27.7 Å². The van der Waals surface area contributed by atoms with E-state index >= 15 is 0 Å². The molecule has 1 aromatic heterocycles. The molecule has 3 rings (SSSR count). The molecule has 0 fully saturated rings. The van der Waals surface area contributed by atoms with Crippen LogP contribution in [0, 0.1) is 11.6 Å². The highest BCUT2D eigenvalue weighted by Gasteiger charge is 2.41. The van der Waals surface area contributed by atoms with Gasteiger partial charge in [0.25, 0.3) is 0 Å². The van der Waals surface area contributed by atoms with Gasteiger partial charge < -0.3 is 15.2 Å². The lowest BCUT2D eigenvalue weighted by atomic mass is 9.98. The number of benzene rings is 1. The van der Waals surface area contributed by atoms with Gasteiger partial charge in [0, 0.05) is 30.4 Å². The maximum Gasteiger partial charge on any atom is 0.237 e. The Balaban J connectivity index is 2.21. The lowest BCUT2D eigenvalue weighted by Gasteiger charge is -2.42. The second-order valence-corrected chi connectivity index (χ2v) is 7.41. The van der Waals surface area contributed by atoms with E-state index in [0.717, 1.165) is 11.8 Å². The van der Waals surface area contributed by atoms with Crippen molar-refractivity contribution in [3.05, 3.63) is 41.4 Å². The first-order valence-electron chi connectivity index (χ1n) is 8.75. The van der Waals surface area contributed by atoms with E-state index in [1.165, 1.54) is 12.1 Å². The van der Waals surface area contributed by atoms with Crippen LogP contribution in [0.25, 0.3) is 11.3 Å². The minimum absolute atomic E-state index is 0.0688. The highest BCUT2D eigenvalue weighted by Crippen LogP contribution is 2.39. The molecule has 0 aliphatic carbocycles. The molecular weight excluding hydrogens is 338 g/mol. The first kappa shape index (κ1) is 18.5. The minimum atomic E-state index is -0.674. The van der Waals surface area contributed by atoms with Gasteiger partial charge in [-0.2, -0.15) is 0 Å². The predicted octanol–water partition coefficient (Wildman–Crippen LogP) is 2.99. The second-order valence-electron chi connectivity index (χ2n) is 7.41. The van der Waals surface area contributed by atoms with E-state index in [2.05, 4.69) is 4.57 Å². The minimum Gasteiger partial charge on any atom is -0.327 e. The Hall–Kier alpha value is -2.28. The van der Waals surface area contributed by atoms with Crippen LogP contribution in [-0.2, 0) is 16.9 Å². The van der Waals surface area contributed by atoms with Crippen LogP contribution >= 0.6 is 0 Å². The Kier molecular flexibility index (Phi) is 4.60. The molecule has 26 heavy (non-hydrogen) atoms. The summed E-state index contributed by atoms with van der Waals surface area (Å²) >= 11 is 0. The molecule has 1 amide bonds. The van der Waals surface area contributed by atoms with Crippen LogP contribution in [-0.4, -0.2) is 33.4 Å². The Morgan fingerprint density at radius 3 is 2.58 bits per heavy atom. The van der Waals surface area contributed by atoms with E-state index < -0.39 is 17.2 Å². The molecule has 7 heteroatoms. The molecule has 1 aromatic carbocycles. The van der Waals surface area contributed by atoms with Gasteiger partial charge >= 0.3 is 0 Å². The van der Waals surface area contributed by atoms with Crippen molar-refractivity contribution in [3.8, 4) is 11.3 Å². The van der Waals surface area contributed by atoms with Crippen molar-refractivity contribution >= 4 is 5.91 Å². The summed E-state index contributed by atoms with van der Waals surface area (Å²) in [6.07, 6.45) is 0. The maximum absolute atomic E-state index is 14.4. The predicted molar refractivity (Wildman–Crippen MR) is 95.5 cm³/mol. The Morgan fingerprint density at radius 1 is 1.31 bits per heavy atom. The highest BCUT2D eigenvalue weighted by atomic mass is 19.1. The molecule has 2 aromatic rings. The molecule has 0 bridgehead atoms. The quantitative estimate of drug-likeness (QED) is 0.913. The molecule has 5 nitrogen and oxygen atoms in total. The van der Waals surface area contributed by atoms with E-state index in [4.69, 9.17) is 10.7 Å². The Bertz CT molecular complexity index is 857. The van der Waals surface area contributed by atoms with Gasteiger partial charge in [0.1, 0.15) is 17.5 Å². The number of hydrogen-bond donors (Lipinski definition) is 1. The van der Waals surface area contributed by atoms with Gasteiger partial charge in [-0.05, 0) is 31.9 Å². The zero-order chi connectivity index (χ0) is 19.2. The number of aromatic nitrogens is 2. The number of carbonyl (C=O) groups is 1. The molecule has 0 atom stereocenters. The van der Waals surface area contributed by atoms with Crippen LogP contribution in [0.3, 0.4) is 0 Å². The monoisotopic (exact) mass is 362 g/mol. The summed E-state index contributed by atoms with van der Waals surface area (Å²) in [7, 11) is 0. The lowest BCUT2D eigenvalue weighted by molar-refractivity contribution is -0.137. The summed E-state index contributed by atoms with van der Waals surface area (Å²) in [6.45, 7) is 8.85. The Labute approximate surface area is 151 Å². The third-order valence-electron chi connectivity index (χ3n) is 4.98. The standard InChI is InChI=1S/C19H24F2N4O/c1-11(2)17-16(13-6-5-12(20)9-14(13)21)23-18-19(3,4)25(15(26)10-22)8-7-24(17)18/h5-6,9,11H,7-8,10,22H2,1-4H3. The Morgan fingerprint density at radius 2 is 2.00 bits per heavy atom. The molecule has 0 radical (unpaired) electrons. The molecule has 1 aliphatic rings. The van der Waals surface area contributed by atoms with Crippen molar-refractivity contribution in [2.24, 2.45) is 5.73 Å². The summed E-state index contributed by atoms with van der Waals surface area (Å²) in [4.78, 5) is 18.7. The van der Waals surface area contributed by atoms with Crippen molar-refractivity contribution in [1.82, 2.24) is 14.5 Å². The van der Waals surface area contributed by atoms with Crippen LogP contribution in [0.4, 0.5) is 8.78 Å². The van der Waals surface area contributed by atoms with Gasteiger partial charge in [0.15, 0.2) is 0 Å². The summed E-state index contributed by atoms with van der Waals surface area (Å²) in [5.41, 5.74) is 6.53. The zero-order valence-corrected chi connectivity index (χ0v) is 15.5. The topological polar surface area (TPSA) is 64.2 Å². The fourth-order valence-corrected chi connectivity index (χ4v) is 3.77. The van der Waals surface area contributed by atoms with Crippen LogP contribution in [0.2, 0.25) is 0 Å². The molecule has 140 valence electrons. The van der Waals surface area contributed by atoms with E-state index in [1.54, 1.807) is 4.90 Å². The SMILES string of the molecule is CC(C)c1c(-c2ccc(F)cc2F)nc2n1CCN(C(=O)CN)C2(C)C. The third kappa shape index (κ3) is 2.80. The molecule has 2 heterocycles. The molecule has 2 N–H and O–H groups in total. The number of fused-ring (bicyclic) bond motifs is 1. The van der Waals surface area contributed by atoms with E-state index in [-0.39, 0.29) is 23.9 Å². The van der Waals surface area contributed by atoms with Crippen molar-refractivity contribution in [2.45, 2.75) is 45.7 Å². The molecule has 0 spiro atoms. The first-order chi connectivity index (χ1) is 12.2. The number of imidazole rings is 1. The second kappa shape index (κ2) is 6.46. The fraction of sp³-hybridized carbons (Fsp3) is 0.474. The first-order valence-corrected chi connectivity index (χ1v) is 8.75. The van der Waals surface area contributed by atoms with Crippen molar-refractivity contribution in [3.63, 3.8) is 0 Å². The third-order valence-corrected chi connectivity index (χ3v) is 4.98. The van der Waals surface area contributed by atoms with E-state index in [0.29, 0.717) is 24.6 Å². The number of halogens is 2. The summed E-state index contributed by atoms with van der Waals surface area (Å²) < 4.78 is 29.8. The maximum atomic E-state index is 14.4. The number of hydrogen-bond acceptors (Lipinski definition) is 3. The van der Waals surface area contributed by atoms with Gasteiger partial charge in [0.2, 0.25) is 5.91 Å². The van der Waals surface area contributed by atoms with Crippen molar-refractivity contribution in [2.75, 3.05) is 13.1 Å². The number of amides is 1. The molecular formula is C19H24F2N4O. The van der Waals surface area contributed by atoms with Crippen molar-refractivity contribution < 1.29 is 13.6 Å². The average Bonchev–Trinajstić information content (AvgIpc) is 2.95. The number of nitrogens with two attached hydrogens (primary N) is 1. The molecule has 1 aliphatic heterocycles. The van der Waals surface area contributed by atoms with Gasteiger partial charge in [-0.25, -0.2) is 13.8 Å². The van der Waals surface area contributed by atoms with Gasteiger partial charge in [-0.1, -0.05) is 13.8 Å². The van der Waals surface area contributed by atoms with Gasteiger partial charge in [-0.15, -0.1) is 0 Å². The molecule has 0 saturated heterocycles. The van der Waals surface area contributed by atoms with Crippen LogP contribution in [0.5, 0.6) is 0 Å². The van der Waals surface area contributed by atoms with Crippen LogP contribution < -0.4 is 5.73 Å². The lowest BCUT2D eigenvalue weighted by Crippen LogP contribution is -2.53. The van der Waals surface area contributed by atoms with E-state index in [9.17, 15) is 13.6 Å². The molecule has 0 saturated carbocycles. The zero-order valence-electron chi connectivity index (χ0n) is 15.5. The summed E-state index contributed by atoms with van der Waals surface area (Å²) in [5.74, 6) is -0.641. The summed E-state index contributed by atoms with van der Waals surface area (Å²) in [5, 5.41) is 0. The van der Waals surface area contributed by atoms with Gasteiger partial charge in [0.05, 0.1) is 17.8 Å². The number of rotatable bonds is 3. The normalized spacial score (nSPS) is 16.1. The highest BCUT2D eigenvalue weighted by molar-refractivity contribution is 5.79. The fourth-order valence-electron chi connectivity index (χ4n) is 3.77. The number of nitrogens with zero attached hydrogens (tertiary/aromatic N) is 3. The van der Waals surface area contributed by atoms with Crippen molar-refractivity contribution in [1.29, 1.82) is 0 Å². The smallest absolute Gasteiger partial charge is 0.237 e. The summed E-state index contributed by atoms with van der Waals surface area (Å²) in [6, 6.07) is 3.52. The average molecular weight is 362 g/mol.